The Morgan fingerprint density at radius 1 is 1.17 bits per heavy atom. The lowest BCUT2D eigenvalue weighted by molar-refractivity contribution is 0.0716. The molecular formula is C14H16N2O2. The summed E-state index contributed by atoms with van der Waals surface area (Å²) in [5, 5.41) is 0. The SMILES string of the molecule is NCCN(Cc1ccccc1)C(=O)c1ccco1. The Morgan fingerprint density at radius 2 is 1.94 bits per heavy atom. The number of benzene rings is 1. The molecule has 0 unspecified atom stereocenters. The van der Waals surface area contributed by atoms with Gasteiger partial charge in [0.1, 0.15) is 0 Å². The van der Waals surface area contributed by atoms with Gasteiger partial charge in [-0.15, -0.1) is 0 Å². The highest BCUT2D eigenvalue weighted by Gasteiger charge is 2.17. The first-order valence-corrected chi connectivity index (χ1v) is 5.88. The normalized spacial score (nSPS) is 10.3. The van der Waals surface area contributed by atoms with Crippen molar-refractivity contribution in [3.05, 3.63) is 60.1 Å². The number of hydrogen-bond acceptors (Lipinski definition) is 3. The van der Waals surface area contributed by atoms with E-state index in [1.165, 1.54) is 6.26 Å². The lowest BCUT2D eigenvalue weighted by Gasteiger charge is -2.20. The summed E-state index contributed by atoms with van der Waals surface area (Å²) in [4.78, 5) is 13.9. The molecule has 94 valence electrons. The average molecular weight is 244 g/mol. The van der Waals surface area contributed by atoms with Crippen molar-refractivity contribution in [1.29, 1.82) is 0 Å². The summed E-state index contributed by atoms with van der Waals surface area (Å²) in [6.07, 6.45) is 1.50. The van der Waals surface area contributed by atoms with Crippen molar-refractivity contribution in [3.8, 4) is 0 Å². The lowest BCUT2D eigenvalue weighted by atomic mass is 10.2. The Balaban J connectivity index is 2.11. The minimum atomic E-state index is -0.130. The van der Waals surface area contributed by atoms with Gasteiger partial charge in [-0.25, -0.2) is 0 Å². The zero-order valence-electron chi connectivity index (χ0n) is 10.1. The predicted octanol–water partition coefficient (Wildman–Crippen LogP) is 1.88. The van der Waals surface area contributed by atoms with Crippen LogP contribution >= 0.6 is 0 Å². The molecule has 2 aromatic rings. The number of amides is 1. The van der Waals surface area contributed by atoms with Gasteiger partial charge in [0.25, 0.3) is 5.91 Å². The molecule has 1 aromatic carbocycles. The Morgan fingerprint density at radius 3 is 2.56 bits per heavy atom. The molecule has 0 aliphatic carbocycles. The number of rotatable bonds is 5. The van der Waals surface area contributed by atoms with E-state index in [0.29, 0.717) is 25.4 Å². The fourth-order valence-electron chi connectivity index (χ4n) is 1.77. The second-order valence-electron chi connectivity index (χ2n) is 3.98. The van der Waals surface area contributed by atoms with E-state index in [4.69, 9.17) is 10.2 Å². The van der Waals surface area contributed by atoms with Gasteiger partial charge in [0, 0.05) is 19.6 Å². The van der Waals surface area contributed by atoms with E-state index in [0.717, 1.165) is 5.56 Å². The number of carbonyl (C=O) groups excluding carboxylic acids is 1. The second-order valence-corrected chi connectivity index (χ2v) is 3.98. The molecule has 2 N–H and O–H groups in total. The molecule has 0 atom stereocenters. The molecule has 0 saturated heterocycles. The lowest BCUT2D eigenvalue weighted by Crippen LogP contribution is -2.34. The van der Waals surface area contributed by atoms with Gasteiger partial charge in [-0.05, 0) is 17.7 Å². The van der Waals surface area contributed by atoms with Gasteiger partial charge in [0.15, 0.2) is 5.76 Å². The van der Waals surface area contributed by atoms with Crippen molar-refractivity contribution in [1.82, 2.24) is 4.90 Å². The van der Waals surface area contributed by atoms with Crippen LogP contribution in [0.25, 0.3) is 0 Å². The molecular weight excluding hydrogens is 228 g/mol. The predicted molar refractivity (Wildman–Crippen MR) is 68.9 cm³/mol. The minimum Gasteiger partial charge on any atom is -0.459 e. The van der Waals surface area contributed by atoms with Crippen molar-refractivity contribution in [2.24, 2.45) is 5.73 Å². The van der Waals surface area contributed by atoms with E-state index in [1.807, 2.05) is 30.3 Å². The second kappa shape index (κ2) is 6.02. The fraction of sp³-hybridized carbons (Fsp3) is 0.214. The number of furan rings is 1. The number of nitrogens with zero attached hydrogens (tertiary/aromatic N) is 1. The quantitative estimate of drug-likeness (QED) is 0.873. The molecule has 0 saturated carbocycles. The molecule has 0 fully saturated rings. The summed E-state index contributed by atoms with van der Waals surface area (Å²) in [6, 6.07) is 13.2. The van der Waals surface area contributed by atoms with Crippen molar-refractivity contribution in [2.45, 2.75) is 6.54 Å². The van der Waals surface area contributed by atoms with Gasteiger partial charge in [0.2, 0.25) is 0 Å². The third kappa shape index (κ3) is 2.99. The molecule has 0 aliphatic rings. The van der Waals surface area contributed by atoms with E-state index in [-0.39, 0.29) is 5.91 Å². The number of carbonyl (C=O) groups is 1. The monoisotopic (exact) mass is 244 g/mol. The van der Waals surface area contributed by atoms with Crippen molar-refractivity contribution in [3.63, 3.8) is 0 Å². The summed E-state index contributed by atoms with van der Waals surface area (Å²) < 4.78 is 5.13. The largest absolute Gasteiger partial charge is 0.459 e. The maximum atomic E-state index is 12.2. The molecule has 1 aromatic heterocycles. The summed E-state index contributed by atoms with van der Waals surface area (Å²) in [5.41, 5.74) is 6.62. The van der Waals surface area contributed by atoms with Gasteiger partial charge in [0.05, 0.1) is 6.26 Å². The molecule has 4 heteroatoms. The standard InChI is InChI=1S/C14H16N2O2/c15-8-9-16(11-12-5-2-1-3-6-12)14(17)13-7-4-10-18-13/h1-7,10H,8-9,11,15H2. The van der Waals surface area contributed by atoms with Gasteiger partial charge >= 0.3 is 0 Å². The first-order valence-electron chi connectivity index (χ1n) is 5.88. The molecule has 18 heavy (non-hydrogen) atoms. The van der Waals surface area contributed by atoms with Crippen LogP contribution in [-0.4, -0.2) is 23.9 Å². The van der Waals surface area contributed by atoms with E-state index in [9.17, 15) is 4.79 Å². The molecule has 0 bridgehead atoms. The molecule has 2 rings (SSSR count). The van der Waals surface area contributed by atoms with Crippen LogP contribution in [-0.2, 0) is 6.54 Å². The van der Waals surface area contributed by atoms with Crippen LogP contribution in [0.4, 0.5) is 0 Å². The maximum Gasteiger partial charge on any atom is 0.289 e. The molecule has 1 amide bonds. The van der Waals surface area contributed by atoms with Crippen LogP contribution in [0.1, 0.15) is 16.1 Å². The van der Waals surface area contributed by atoms with Crippen LogP contribution in [0.3, 0.4) is 0 Å². The van der Waals surface area contributed by atoms with Crippen molar-refractivity contribution in [2.75, 3.05) is 13.1 Å². The molecule has 4 nitrogen and oxygen atoms in total. The minimum absolute atomic E-state index is 0.130. The van der Waals surface area contributed by atoms with Crippen LogP contribution < -0.4 is 5.73 Å². The first kappa shape index (κ1) is 12.4. The summed E-state index contributed by atoms with van der Waals surface area (Å²) >= 11 is 0. The van der Waals surface area contributed by atoms with Crippen LogP contribution in [0.2, 0.25) is 0 Å². The number of hydrogen-bond donors (Lipinski definition) is 1. The van der Waals surface area contributed by atoms with Gasteiger partial charge < -0.3 is 15.1 Å². The fourth-order valence-corrected chi connectivity index (χ4v) is 1.77. The Hall–Kier alpha value is -2.07. The molecule has 1 heterocycles. The maximum absolute atomic E-state index is 12.2. The Bertz CT molecular complexity index is 480. The molecule has 0 spiro atoms. The van der Waals surface area contributed by atoms with Gasteiger partial charge in [-0.1, -0.05) is 30.3 Å². The van der Waals surface area contributed by atoms with E-state index < -0.39 is 0 Å². The van der Waals surface area contributed by atoms with E-state index >= 15 is 0 Å². The average Bonchev–Trinajstić information content (AvgIpc) is 2.92. The smallest absolute Gasteiger partial charge is 0.289 e. The highest BCUT2D eigenvalue weighted by Crippen LogP contribution is 2.10. The topological polar surface area (TPSA) is 59.5 Å². The highest BCUT2D eigenvalue weighted by atomic mass is 16.3. The highest BCUT2D eigenvalue weighted by molar-refractivity contribution is 5.91. The molecule has 0 radical (unpaired) electrons. The first-order chi connectivity index (χ1) is 8.81. The summed E-state index contributed by atoms with van der Waals surface area (Å²) in [6.45, 7) is 1.48. The summed E-state index contributed by atoms with van der Waals surface area (Å²) in [5.74, 6) is 0.216. The van der Waals surface area contributed by atoms with Crippen LogP contribution in [0.5, 0.6) is 0 Å². The number of nitrogens with two attached hydrogens (primary N) is 1. The van der Waals surface area contributed by atoms with Crippen molar-refractivity contribution < 1.29 is 9.21 Å². The van der Waals surface area contributed by atoms with Gasteiger partial charge in [-0.2, -0.15) is 0 Å². The molecule has 0 aliphatic heterocycles. The van der Waals surface area contributed by atoms with Crippen LogP contribution in [0, 0.1) is 0 Å². The zero-order valence-corrected chi connectivity index (χ0v) is 10.1. The van der Waals surface area contributed by atoms with Gasteiger partial charge in [-0.3, -0.25) is 4.79 Å². The Kier molecular flexibility index (Phi) is 4.15. The van der Waals surface area contributed by atoms with E-state index in [2.05, 4.69) is 0 Å². The Labute approximate surface area is 106 Å². The zero-order chi connectivity index (χ0) is 12.8. The van der Waals surface area contributed by atoms with Crippen molar-refractivity contribution >= 4 is 5.91 Å². The summed E-state index contributed by atoms with van der Waals surface area (Å²) in [7, 11) is 0. The van der Waals surface area contributed by atoms with Crippen LogP contribution in [0.15, 0.2) is 53.1 Å². The van der Waals surface area contributed by atoms with E-state index in [1.54, 1.807) is 17.0 Å². The third-order valence-electron chi connectivity index (χ3n) is 2.63. The third-order valence-corrected chi connectivity index (χ3v) is 2.63.